The van der Waals surface area contributed by atoms with Crippen LogP contribution in [0.5, 0.6) is 0 Å². The number of hydrogen-bond acceptors (Lipinski definition) is 4. The van der Waals surface area contributed by atoms with Crippen LogP contribution in [0.15, 0.2) is 36.4 Å². The van der Waals surface area contributed by atoms with E-state index in [0.717, 1.165) is 16.6 Å². The Kier molecular flexibility index (Phi) is 5.30. The van der Waals surface area contributed by atoms with E-state index in [-0.39, 0.29) is 19.6 Å². The van der Waals surface area contributed by atoms with Gasteiger partial charge in [0.2, 0.25) is 0 Å². The van der Waals surface area contributed by atoms with Gasteiger partial charge in [-0.05, 0) is 0 Å². The SMILES string of the molecule is O=C([Se]COCc1ccc2n[nH]nc2c1)c1cc(Cl)cc(Cl)c1. The van der Waals surface area contributed by atoms with Crippen molar-refractivity contribution in [1.82, 2.24) is 15.4 Å². The van der Waals surface area contributed by atoms with Crippen molar-refractivity contribution in [3.05, 3.63) is 57.6 Å². The second kappa shape index (κ2) is 7.43. The predicted molar refractivity (Wildman–Crippen MR) is 90.1 cm³/mol. The molecular formula is C15H11Cl2N3O2Se. The van der Waals surface area contributed by atoms with Crippen LogP contribution in [0.1, 0.15) is 15.9 Å². The Hall–Kier alpha value is -1.43. The number of nitrogens with zero attached hydrogens (tertiary/aromatic N) is 2. The molecule has 118 valence electrons. The zero-order chi connectivity index (χ0) is 16.2. The van der Waals surface area contributed by atoms with Crippen LogP contribution in [0.25, 0.3) is 11.0 Å². The Morgan fingerprint density at radius 1 is 1.09 bits per heavy atom. The van der Waals surface area contributed by atoms with Gasteiger partial charge in [-0.1, -0.05) is 0 Å². The molecule has 1 heterocycles. The van der Waals surface area contributed by atoms with Gasteiger partial charge in [0.1, 0.15) is 0 Å². The van der Waals surface area contributed by atoms with Crippen molar-refractivity contribution >= 4 is 53.9 Å². The second-order valence-corrected chi connectivity index (χ2v) is 7.45. The summed E-state index contributed by atoms with van der Waals surface area (Å²) in [7, 11) is 0. The van der Waals surface area contributed by atoms with E-state index in [4.69, 9.17) is 27.9 Å². The summed E-state index contributed by atoms with van der Waals surface area (Å²) in [5, 5.41) is 11.5. The van der Waals surface area contributed by atoms with Crippen LogP contribution in [0.2, 0.25) is 10.0 Å². The van der Waals surface area contributed by atoms with Crippen LogP contribution in [0.4, 0.5) is 0 Å². The fourth-order valence-electron chi connectivity index (χ4n) is 1.99. The standard InChI is InChI=1S/C15H11Cl2N3O2Se/c16-11-4-10(5-12(17)6-11)15(21)23-8-22-7-9-1-2-13-14(3-9)19-20-18-13/h1-6H,7-8H2,(H,18,19,20). The molecule has 1 aromatic heterocycles. The number of rotatable bonds is 6. The van der Waals surface area contributed by atoms with Crippen molar-refractivity contribution in [2.45, 2.75) is 6.61 Å². The molecule has 0 amide bonds. The fraction of sp³-hybridized carbons (Fsp3) is 0.133. The number of fused-ring (bicyclic) bond motifs is 1. The van der Waals surface area contributed by atoms with Crippen molar-refractivity contribution in [2.75, 3.05) is 5.51 Å². The number of H-pyrrole nitrogens is 1. The summed E-state index contributed by atoms with van der Waals surface area (Å²) in [6, 6.07) is 10.6. The predicted octanol–water partition coefficient (Wildman–Crippen LogP) is 3.28. The third-order valence-electron chi connectivity index (χ3n) is 3.02. The zero-order valence-electron chi connectivity index (χ0n) is 11.8. The Morgan fingerprint density at radius 2 is 1.83 bits per heavy atom. The fourth-order valence-corrected chi connectivity index (χ4v) is 3.68. The molecule has 0 aliphatic rings. The van der Waals surface area contributed by atoms with E-state index in [0.29, 0.717) is 27.7 Å². The first-order valence-corrected chi connectivity index (χ1v) is 9.44. The Morgan fingerprint density at radius 3 is 2.61 bits per heavy atom. The molecule has 2 aromatic carbocycles. The summed E-state index contributed by atoms with van der Waals surface area (Å²) >= 11 is 11.5. The molecule has 8 heteroatoms. The molecule has 0 atom stereocenters. The van der Waals surface area contributed by atoms with Gasteiger partial charge in [-0.15, -0.1) is 0 Å². The molecule has 0 saturated heterocycles. The van der Waals surface area contributed by atoms with E-state index < -0.39 is 0 Å². The van der Waals surface area contributed by atoms with Crippen LogP contribution >= 0.6 is 23.2 Å². The summed E-state index contributed by atoms with van der Waals surface area (Å²) in [6.07, 6.45) is 0. The van der Waals surface area contributed by atoms with E-state index in [2.05, 4.69) is 15.4 Å². The Labute approximate surface area is 148 Å². The molecule has 1 N–H and O–H groups in total. The third kappa shape index (κ3) is 4.31. The van der Waals surface area contributed by atoms with Crippen molar-refractivity contribution in [3.8, 4) is 0 Å². The van der Waals surface area contributed by atoms with Crippen LogP contribution in [-0.2, 0) is 11.3 Å². The van der Waals surface area contributed by atoms with E-state index in [1.807, 2.05) is 18.2 Å². The van der Waals surface area contributed by atoms with Gasteiger partial charge in [-0.3, -0.25) is 0 Å². The molecule has 0 saturated carbocycles. The molecule has 0 bridgehead atoms. The second-order valence-electron chi connectivity index (χ2n) is 4.70. The molecule has 0 unspecified atom stereocenters. The van der Waals surface area contributed by atoms with Crippen LogP contribution in [0, 0.1) is 0 Å². The molecule has 0 aliphatic carbocycles. The maximum absolute atomic E-state index is 12.1. The van der Waals surface area contributed by atoms with Crippen LogP contribution in [-0.4, -0.2) is 40.6 Å². The van der Waals surface area contributed by atoms with Gasteiger partial charge < -0.3 is 0 Å². The average Bonchev–Trinajstić information content (AvgIpc) is 2.98. The summed E-state index contributed by atoms with van der Waals surface area (Å²) in [6.45, 7) is 0.425. The van der Waals surface area contributed by atoms with Gasteiger partial charge in [-0.25, -0.2) is 0 Å². The zero-order valence-corrected chi connectivity index (χ0v) is 15.0. The normalized spacial score (nSPS) is 11.0. The van der Waals surface area contributed by atoms with Gasteiger partial charge in [0.15, 0.2) is 0 Å². The topological polar surface area (TPSA) is 67.9 Å². The number of aromatic nitrogens is 3. The maximum atomic E-state index is 12.1. The first kappa shape index (κ1) is 16.4. The molecule has 0 fully saturated rings. The summed E-state index contributed by atoms with van der Waals surface area (Å²) in [4.78, 5) is 12.1. The Balaban J connectivity index is 1.51. The molecule has 3 aromatic rings. The summed E-state index contributed by atoms with van der Waals surface area (Å²) in [5.41, 5.74) is 3.50. The van der Waals surface area contributed by atoms with Gasteiger partial charge >= 0.3 is 148 Å². The molecule has 0 aliphatic heterocycles. The molecule has 3 rings (SSSR count). The number of carbonyl (C=O) groups is 1. The number of benzene rings is 2. The van der Waals surface area contributed by atoms with Crippen LogP contribution in [0.3, 0.4) is 0 Å². The third-order valence-corrected chi connectivity index (χ3v) is 5.10. The number of halogens is 2. The molecule has 0 radical (unpaired) electrons. The first-order chi connectivity index (χ1) is 11.1. The summed E-state index contributed by atoms with van der Waals surface area (Å²) in [5.74, 6) is 0. The number of nitrogens with one attached hydrogen (secondary N) is 1. The molecule has 23 heavy (non-hydrogen) atoms. The average molecular weight is 415 g/mol. The number of carbonyl (C=O) groups excluding carboxylic acids is 1. The Bertz CT molecular complexity index is 833. The van der Waals surface area contributed by atoms with Crippen molar-refractivity contribution < 1.29 is 9.53 Å². The molecule has 5 nitrogen and oxygen atoms in total. The summed E-state index contributed by atoms with van der Waals surface area (Å²) < 4.78 is 5.59. The quantitative estimate of drug-likeness (QED) is 0.496. The molecular weight excluding hydrogens is 404 g/mol. The van der Waals surface area contributed by atoms with E-state index in [9.17, 15) is 4.79 Å². The van der Waals surface area contributed by atoms with E-state index in [1.165, 1.54) is 0 Å². The number of ether oxygens (including phenoxy) is 1. The first-order valence-electron chi connectivity index (χ1n) is 6.62. The minimum absolute atomic E-state index is 0.00820. The van der Waals surface area contributed by atoms with Crippen LogP contribution < -0.4 is 0 Å². The van der Waals surface area contributed by atoms with Gasteiger partial charge in [0, 0.05) is 0 Å². The monoisotopic (exact) mass is 415 g/mol. The number of aromatic amines is 1. The van der Waals surface area contributed by atoms with Gasteiger partial charge in [0.05, 0.1) is 0 Å². The van der Waals surface area contributed by atoms with Crippen molar-refractivity contribution in [3.63, 3.8) is 0 Å². The van der Waals surface area contributed by atoms with Gasteiger partial charge in [-0.2, -0.15) is 0 Å². The number of hydrogen-bond donors (Lipinski definition) is 1. The van der Waals surface area contributed by atoms with E-state index in [1.54, 1.807) is 18.2 Å². The minimum atomic E-state index is -0.327. The van der Waals surface area contributed by atoms with Crippen molar-refractivity contribution in [1.29, 1.82) is 0 Å². The van der Waals surface area contributed by atoms with Crippen molar-refractivity contribution in [2.24, 2.45) is 0 Å². The molecule has 0 spiro atoms. The van der Waals surface area contributed by atoms with Gasteiger partial charge in [0.25, 0.3) is 0 Å². The van der Waals surface area contributed by atoms with E-state index >= 15 is 0 Å².